The lowest BCUT2D eigenvalue weighted by molar-refractivity contribution is 0.0714. The summed E-state index contributed by atoms with van der Waals surface area (Å²) in [7, 11) is 0. The molecule has 2 N–H and O–H groups in total. The highest BCUT2D eigenvalue weighted by atomic mass is 32.2. The Kier molecular flexibility index (Phi) is 5.82. The maximum atomic E-state index is 12.7. The minimum absolute atomic E-state index is 0.130. The van der Waals surface area contributed by atoms with E-state index >= 15 is 0 Å². The van der Waals surface area contributed by atoms with Crippen molar-refractivity contribution in [1.29, 1.82) is 0 Å². The molecule has 2 aromatic rings. The molecule has 0 spiro atoms. The van der Waals surface area contributed by atoms with Crippen LogP contribution >= 0.6 is 11.8 Å². The highest BCUT2D eigenvalue weighted by Gasteiger charge is 2.21. The van der Waals surface area contributed by atoms with Gasteiger partial charge in [-0.1, -0.05) is 29.8 Å². The van der Waals surface area contributed by atoms with E-state index < -0.39 is 0 Å². The van der Waals surface area contributed by atoms with Gasteiger partial charge in [-0.2, -0.15) is 0 Å². The number of carbonyl (C=O) groups excluding carboxylic acids is 1. The Bertz CT molecular complexity index is 751. The van der Waals surface area contributed by atoms with Gasteiger partial charge < -0.3 is 10.6 Å². The molecule has 0 aromatic heterocycles. The fraction of sp³-hybridized carbons (Fsp3) is 0.381. The van der Waals surface area contributed by atoms with Gasteiger partial charge in [0.05, 0.1) is 0 Å². The molecule has 0 atom stereocenters. The van der Waals surface area contributed by atoms with E-state index in [4.69, 9.17) is 5.73 Å². The average Bonchev–Trinajstić information content (AvgIpc) is 2.63. The summed E-state index contributed by atoms with van der Waals surface area (Å²) >= 11 is 1.83. The normalized spacial score (nSPS) is 15.4. The number of rotatable bonds is 4. The number of amides is 1. The predicted molar refractivity (Wildman–Crippen MR) is 105 cm³/mol. The van der Waals surface area contributed by atoms with E-state index in [1.54, 1.807) is 0 Å². The van der Waals surface area contributed by atoms with Crippen LogP contribution in [0.4, 0.5) is 0 Å². The number of hydrogen-bond donors (Lipinski definition) is 1. The second-order valence-corrected chi connectivity index (χ2v) is 7.90. The molecule has 1 aliphatic rings. The van der Waals surface area contributed by atoms with E-state index in [0.717, 1.165) is 37.2 Å². The summed E-state index contributed by atoms with van der Waals surface area (Å²) in [6, 6.07) is 14.8. The first-order valence-corrected chi connectivity index (χ1v) is 9.85. The highest BCUT2D eigenvalue weighted by Crippen LogP contribution is 2.27. The Labute approximate surface area is 154 Å². The summed E-state index contributed by atoms with van der Waals surface area (Å²) < 4.78 is 0. The lowest BCUT2D eigenvalue weighted by Crippen LogP contribution is -2.42. The van der Waals surface area contributed by atoms with Crippen LogP contribution in [0.25, 0.3) is 0 Å². The van der Waals surface area contributed by atoms with Crippen molar-refractivity contribution in [3.05, 3.63) is 64.7 Å². The van der Waals surface area contributed by atoms with Crippen LogP contribution in [0.3, 0.4) is 0 Å². The van der Waals surface area contributed by atoms with Crippen LogP contribution < -0.4 is 5.73 Å². The maximum absolute atomic E-state index is 12.7. The number of benzene rings is 2. The van der Waals surface area contributed by atoms with Gasteiger partial charge in [-0.25, -0.2) is 0 Å². The van der Waals surface area contributed by atoms with Crippen molar-refractivity contribution in [3.8, 4) is 0 Å². The van der Waals surface area contributed by atoms with Crippen LogP contribution in [0.5, 0.6) is 0 Å². The monoisotopic (exact) mass is 354 g/mol. The van der Waals surface area contributed by atoms with Gasteiger partial charge in [0.25, 0.3) is 5.91 Å². The maximum Gasteiger partial charge on any atom is 0.253 e. The third kappa shape index (κ3) is 4.65. The van der Waals surface area contributed by atoms with Crippen LogP contribution in [0.15, 0.2) is 47.4 Å². The Morgan fingerprint density at radius 3 is 2.68 bits per heavy atom. The number of carbonyl (C=O) groups is 1. The fourth-order valence-corrected chi connectivity index (χ4v) is 4.17. The summed E-state index contributed by atoms with van der Waals surface area (Å²) in [4.78, 5) is 15.9. The van der Waals surface area contributed by atoms with Gasteiger partial charge in [0, 0.05) is 35.3 Å². The summed E-state index contributed by atoms with van der Waals surface area (Å²) in [5.74, 6) is 1.00. The molecule has 2 aromatic carbocycles. The first-order valence-electron chi connectivity index (χ1n) is 8.87. The molecule has 132 valence electrons. The Hall–Kier alpha value is -1.78. The van der Waals surface area contributed by atoms with Crippen molar-refractivity contribution in [2.24, 2.45) is 5.73 Å². The SMILES string of the molecule is Cc1ccc(C)c(SCc2cccc(C(=O)N3CCC(N)CC3)c2)c1. The molecular weight excluding hydrogens is 328 g/mol. The molecule has 1 saturated heterocycles. The van der Waals surface area contributed by atoms with Gasteiger partial charge in [-0.3, -0.25) is 4.79 Å². The quantitative estimate of drug-likeness (QED) is 0.839. The van der Waals surface area contributed by atoms with E-state index in [2.05, 4.69) is 38.1 Å². The lowest BCUT2D eigenvalue weighted by atomic mass is 10.0. The molecule has 1 amide bonds. The highest BCUT2D eigenvalue weighted by molar-refractivity contribution is 7.98. The molecule has 4 heteroatoms. The third-order valence-electron chi connectivity index (χ3n) is 4.74. The number of hydrogen-bond acceptors (Lipinski definition) is 3. The van der Waals surface area contributed by atoms with Crippen LogP contribution in [0, 0.1) is 13.8 Å². The van der Waals surface area contributed by atoms with E-state index in [0.29, 0.717) is 0 Å². The van der Waals surface area contributed by atoms with Crippen molar-refractivity contribution >= 4 is 17.7 Å². The molecule has 0 unspecified atom stereocenters. The smallest absolute Gasteiger partial charge is 0.253 e. The van der Waals surface area contributed by atoms with Gasteiger partial charge >= 0.3 is 0 Å². The van der Waals surface area contributed by atoms with Gasteiger partial charge in [-0.05, 0) is 56.0 Å². The molecule has 0 radical (unpaired) electrons. The predicted octanol–water partition coefficient (Wildman–Crippen LogP) is 4.16. The van der Waals surface area contributed by atoms with Crippen LogP contribution in [-0.2, 0) is 5.75 Å². The first-order chi connectivity index (χ1) is 12.0. The number of nitrogens with two attached hydrogens (primary N) is 1. The number of piperidine rings is 1. The largest absolute Gasteiger partial charge is 0.339 e. The van der Waals surface area contributed by atoms with Crippen molar-refractivity contribution < 1.29 is 4.79 Å². The standard InChI is InChI=1S/C21H26N2OS/c1-15-6-7-16(2)20(12-15)25-14-17-4-3-5-18(13-17)21(24)23-10-8-19(22)9-11-23/h3-7,12-13,19H,8-11,14,22H2,1-2H3. The molecule has 1 aliphatic heterocycles. The van der Waals surface area contributed by atoms with E-state index in [1.807, 2.05) is 34.9 Å². The number of aryl methyl sites for hydroxylation is 2. The van der Waals surface area contributed by atoms with Gasteiger partial charge in [0.15, 0.2) is 0 Å². The van der Waals surface area contributed by atoms with Crippen molar-refractivity contribution in [1.82, 2.24) is 4.90 Å². The Balaban J connectivity index is 1.67. The van der Waals surface area contributed by atoms with Gasteiger partial charge in [0.2, 0.25) is 0 Å². The minimum atomic E-state index is 0.130. The fourth-order valence-electron chi connectivity index (χ4n) is 3.10. The minimum Gasteiger partial charge on any atom is -0.339 e. The van der Waals surface area contributed by atoms with Crippen molar-refractivity contribution in [3.63, 3.8) is 0 Å². The third-order valence-corrected chi connectivity index (χ3v) is 5.97. The van der Waals surface area contributed by atoms with Crippen LogP contribution in [0.1, 0.15) is 39.9 Å². The summed E-state index contributed by atoms with van der Waals surface area (Å²) in [5, 5.41) is 0. The van der Waals surface area contributed by atoms with Crippen molar-refractivity contribution in [2.45, 2.75) is 43.4 Å². The lowest BCUT2D eigenvalue weighted by Gasteiger charge is -2.30. The number of nitrogens with zero attached hydrogens (tertiary/aromatic N) is 1. The zero-order valence-electron chi connectivity index (χ0n) is 15.0. The van der Waals surface area contributed by atoms with Crippen LogP contribution in [0.2, 0.25) is 0 Å². The molecule has 3 nitrogen and oxygen atoms in total. The molecule has 0 aliphatic carbocycles. The summed E-state index contributed by atoms with van der Waals surface area (Å²) in [5.41, 5.74) is 10.5. The summed E-state index contributed by atoms with van der Waals surface area (Å²) in [6.07, 6.45) is 1.79. The molecule has 0 saturated carbocycles. The Morgan fingerprint density at radius 2 is 1.92 bits per heavy atom. The molecule has 1 fully saturated rings. The van der Waals surface area contributed by atoms with Gasteiger partial charge in [0.1, 0.15) is 0 Å². The molecule has 0 bridgehead atoms. The molecule has 25 heavy (non-hydrogen) atoms. The topological polar surface area (TPSA) is 46.3 Å². The van der Waals surface area contributed by atoms with Crippen LogP contribution in [-0.4, -0.2) is 29.9 Å². The van der Waals surface area contributed by atoms with E-state index in [1.165, 1.54) is 21.6 Å². The zero-order valence-corrected chi connectivity index (χ0v) is 15.8. The molecule has 3 rings (SSSR count). The Morgan fingerprint density at radius 1 is 1.16 bits per heavy atom. The number of likely N-dealkylation sites (tertiary alicyclic amines) is 1. The molecular formula is C21H26N2OS. The first kappa shape index (κ1) is 18.0. The van der Waals surface area contributed by atoms with Crippen molar-refractivity contribution in [2.75, 3.05) is 13.1 Å². The zero-order chi connectivity index (χ0) is 17.8. The van der Waals surface area contributed by atoms with E-state index in [-0.39, 0.29) is 11.9 Å². The molecule has 1 heterocycles. The van der Waals surface area contributed by atoms with Gasteiger partial charge in [-0.15, -0.1) is 11.8 Å². The van der Waals surface area contributed by atoms with E-state index in [9.17, 15) is 4.79 Å². The average molecular weight is 355 g/mol. The summed E-state index contributed by atoms with van der Waals surface area (Å²) in [6.45, 7) is 5.79. The second-order valence-electron chi connectivity index (χ2n) is 6.89. The second kappa shape index (κ2) is 8.07. The number of thioether (sulfide) groups is 1.